The summed E-state index contributed by atoms with van der Waals surface area (Å²) in [6.45, 7) is 2.19. The van der Waals surface area contributed by atoms with Gasteiger partial charge in [0.1, 0.15) is 5.78 Å². The summed E-state index contributed by atoms with van der Waals surface area (Å²) in [6.07, 6.45) is 2.37. The zero-order valence-electron chi connectivity index (χ0n) is 8.88. The molecule has 0 amide bonds. The van der Waals surface area contributed by atoms with Crippen LogP contribution in [0, 0.1) is 5.92 Å². The number of carbonyl (C=O) groups is 1. The van der Waals surface area contributed by atoms with Gasteiger partial charge < -0.3 is 0 Å². The predicted molar refractivity (Wildman–Crippen MR) is 56.5 cm³/mol. The van der Waals surface area contributed by atoms with Gasteiger partial charge in [0.25, 0.3) is 0 Å². The third-order valence-electron chi connectivity index (χ3n) is 2.78. The second-order valence-corrected chi connectivity index (χ2v) is 5.21. The van der Waals surface area contributed by atoms with Crippen molar-refractivity contribution < 1.29 is 4.79 Å². The Morgan fingerprint density at radius 1 is 1.53 bits per heavy atom. The Kier molecular flexibility index (Phi) is 3.04. The van der Waals surface area contributed by atoms with E-state index in [1.807, 2.05) is 7.05 Å². The zero-order valence-corrected chi connectivity index (χ0v) is 9.70. The van der Waals surface area contributed by atoms with Crippen LogP contribution in [0.4, 0.5) is 0 Å². The van der Waals surface area contributed by atoms with E-state index in [0.717, 1.165) is 18.0 Å². The van der Waals surface area contributed by atoms with Crippen molar-refractivity contribution in [3.05, 3.63) is 0 Å². The molecule has 1 aliphatic carbocycles. The number of carbonyl (C=O) groups excluding carboxylic acids is 1. The number of hydrogen-bond acceptors (Lipinski definition) is 5. The number of aromatic nitrogens is 4. The topological polar surface area (TPSA) is 60.7 Å². The monoisotopic (exact) mass is 226 g/mol. The molecule has 2 unspecified atom stereocenters. The number of aryl methyl sites for hydroxylation is 1. The molecular formula is C9H14N4OS. The largest absolute Gasteiger partial charge is 0.300 e. The minimum Gasteiger partial charge on any atom is -0.300 e. The molecule has 0 aliphatic heterocycles. The molecule has 0 saturated heterocycles. The fourth-order valence-electron chi connectivity index (χ4n) is 1.72. The zero-order chi connectivity index (χ0) is 10.8. The van der Waals surface area contributed by atoms with Gasteiger partial charge in [-0.2, -0.15) is 0 Å². The Balaban J connectivity index is 2.04. The summed E-state index contributed by atoms with van der Waals surface area (Å²) in [6, 6.07) is 0. The van der Waals surface area contributed by atoms with Crippen molar-refractivity contribution in [2.75, 3.05) is 0 Å². The molecule has 0 N–H and O–H groups in total. The van der Waals surface area contributed by atoms with Crippen LogP contribution < -0.4 is 0 Å². The maximum absolute atomic E-state index is 11.4. The molecule has 1 aromatic heterocycles. The summed E-state index contributed by atoms with van der Waals surface area (Å²) in [4.78, 5) is 11.4. The van der Waals surface area contributed by atoms with Gasteiger partial charge in [-0.05, 0) is 22.8 Å². The highest BCUT2D eigenvalue weighted by Gasteiger charge is 2.28. The highest BCUT2D eigenvalue weighted by atomic mass is 32.2. The maximum atomic E-state index is 11.4. The Morgan fingerprint density at radius 3 is 3.00 bits per heavy atom. The second kappa shape index (κ2) is 4.30. The highest BCUT2D eigenvalue weighted by molar-refractivity contribution is 7.99. The van der Waals surface area contributed by atoms with Crippen LogP contribution in [0.2, 0.25) is 0 Å². The molecule has 1 heterocycles. The summed E-state index contributed by atoms with van der Waals surface area (Å²) in [5.41, 5.74) is 0. The fourth-order valence-corrected chi connectivity index (χ4v) is 2.90. The van der Waals surface area contributed by atoms with Crippen LogP contribution in [0.1, 0.15) is 26.2 Å². The van der Waals surface area contributed by atoms with Crippen LogP contribution in [0.15, 0.2) is 5.16 Å². The average molecular weight is 226 g/mol. The molecule has 1 aromatic rings. The van der Waals surface area contributed by atoms with Gasteiger partial charge in [-0.15, -0.1) is 5.10 Å². The van der Waals surface area contributed by atoms with Crippen molar-refractivity contribution >= 4 is 17.5 Å². The lowest BCUT2D eigenvalue weighted by Crippen LogP contribution is -2.25. The number of thioether (sulfide) groups is 1. The molecule has 0 aromatic carbocycles. The molecular weight excluding hydrogens is 212 g/mol. The first-order valence-corrected chi connectivity index (χ1v) is 5.95. The first kappa shape index (κ1) is 10.6. The van der Waals surface area contributed by atoms with Gasteiger partial charge in [-0.1, -0.05) is 18.7 Å². The summed E-state index contributed by atoms with van der Waals surface area (Å²) in [5, 5.41) is 12.4. The first-order chi connectivity index (χ1) is 7.16. The lowest BCUT2D eigenvalue weighted by atomic mass is 9.89. The van der Waals surface area contributed by atoms with E-state index in [1.54, 1.807) is 16.4 Å². The van der Waals surface area contributed by atoms with Gasteiger partial charge in [-0.3, -0.25) is 4.79 Å². The Bertz CT molecular complexity index is 365. The van der Waals surface area contributed by atoms with E-state index in [4.69, 9.17) is 0 Å². The summed E-state index contributed by atoms with van der Waals surface area (Å²) in [5.74, 6) is 0.921. The highest BCUT2D eigenvalue weighted by Crippen LogP contribution is 2.34. The smallest absolute Gasteiger partial charge is 0.209 e. The van der Waals surface area contributed by atoms with E-state index in [2.05, 4.69) is 22.4 Å². The second-order valence-electron chi connectivity index (χ2n) is 4.00. The minimum atomic E-state index is 0.330. The van der Waals surface area contributed by atoms with Crippen LogP contribution in [0.3, 0.4) is 0 Å². The van der Waals surface area contributed by atoms with Crippen LogP contribution in [0.25, 0.3) is 0 Å². The average Bonchev–Trinajstić information content (AvgIpc) is 2.58. The van der Waals surface area contributed by atoms with Crippen molar-refractivity contribution in [2.45, 2.75) is 36.6 Å². The molecule has 1 saturated carbocycles. The van der Waals surface area contributed by atoms with Crippen LogP contribution in [0.5, 0.6) is 0 Å². The number of hydrogen-bond donors (Lipinski definition) is 0. The number of tetrazole rings is 1. The third-order valence-corrected chi connectivity index (χ3v) is 4.27. The van der Waals surface area contributed by atoms with Crippen molar-refractivity contribution in [1.82, 2.24) is 20.2 Å². The van der Waals surface area contributed by atoms with Crippen molar-refractivity contribution in [2.24, 2.45) is 13.0 Å². The van der Waals surface area contributed by atoms with Crippen molar-refractivity contribution in [1.29, 1.82) is 0 Å². The molecule has 1 aliphatic rings. The van der Waals surface area contributed by atoms with Crippen LogP contribution in [-0.2, 0) is 11.8 Å². The molecule has 82 valence electrons. The minimum absolute atomic E-state index is 0.330. The molecule has 5 nitrogen and oxygen atoms in total. The van der Waals surface area contributed by atoms with Gasteiger partial charge in [0.2, 0.25) is 5.16 Å². The van der Waals surface area contributed by atoms with Gasteiger partial charge in [0.15, 0.2) is 0 Å². The van der Waals surface area contributed by atoms with E-state index >= 15 is 0 Å². The first-order valence-electron chi connectivity index (χ1n) is 5.07. The molecule has 2 rings (SSSR count). The molecule has 0 radical (unpaired) electrons. The standard InChI is InChI=1S/C9H14N4OS/c1-6-3-4-7(14)5-8(6)15-9-10-11-12-13(9)2/h6,8H,3-5H2,1-2H3. The predicted octanol–water partition coefficient (Wildman–Crippen LogP) is 1.06. The normalized spacial score (nSPS) is 26.9. The van der Waals surface area contributed by atoms with Crippen LogP contribution in [-0.4, -0.2) is 31.2 Å². The van der Waals surface area contributed by atoms with Gasteiger partial charge in [0.05, 0.1) is 0 Å². The molecule has 1 fully saturated rings. The third kappa shape index (κ3) is 2.37. The molecule has 2 atom stereocenters. The molecule has 15 heavy (non-hydrogen) atoms. The number of rotatable bonds is 2. The summed E-state index contributed by atoms with van der Waals surface area (Å²) in [7, 11) is 1.82. The Morgan fingerprint density at radius 2 is 2.33 bits per heavy atom. The fraction of sp³-hybridized carbons (Fsp3) is 0.778. The SMILES string of the molecule is CC1CCC(=O)CC1Sc1nnnn1C. The van der Waals surface area contributed by atoms with Gasteiger partial charge in [-0.25, -0.2) is 4.68 Å². The van der Waals surface area contributed by atoms with Crippen LogP contribution >= 0.6 is 11.8 Å². The molecule has 0 bridgehead atoms. The Labute approximate surface area is 92.6 Å². The lowest BCUT2D eigenvalue weighted by molar-refractivity contribution is -0.120. The quantitative estimate of drug-likeness (QED) is 0.754. The van der Waals surface area contributed by atoms with Crippen molar-refractivity contribution in [3.63, 3.8) is 0 Å². The van der Waals surface area contributed by atoms with E-state index in [0.29, 0.717) is 23.4 Å². The van der Waals surface area contributed by atoms with E-state index < -0.39 is 0 Å². The lowest BCUT2D eigenvalue weighted by Gasteiger charge is -2.26. The number of Topliss-reactive ketones (excluding diaryl/α,β-unsaturated/α-hetero) is 1. The van der Waals surface area contributed by atoms with Crippen molar-refractivity contribution in [3.8, 4) is 0 Å². The molecule has 6 heteroatoms. The molecule has 0 spiro atoms. The van der Waals surface area contributed by atoms with Gasteiger partial charge in [0, 0.05) is 25.1 Å². The van der Waals surface area contributed by atoms with E-state index in [1.165, 1.54) is 0 Å². The van der Waals surface area contributed by atoms with Gasteiger partial charge >= 0.3 is 0 Å². The van der Waals surface area contributed by atoms with E-state index in [9.17, 15) is 4.79 Å². The Hall–Kier alpha value is -0.910. The van der Waals surface area contributed by atoms with E-state index in [-0.39, 0.29) is 0 Å². The summed E-state index contributed by atoms with van der Waals surface area (Å²) < 4.78 is 1.65. The number of nitrogens with zero attached hydrogens (tertiary/aromatic N) is 4. The summed E-state index contributed by atoms with van der Waals surface area (Å²) >= 11 is 1.62. The maximum Gasteiger partial charge on any atom is 0.209 e. The number of ketones is 1.